The molecule has 0 radical (unpaired) electrons. The van der Waals surface area contributed by atoms with Gasteiger partial charge in [0.05, 0.1) is 5.92 Å². The molecule has 0 amide bonds. The summed E-state index contributed by atoms with van der Waals surface area (Å²) in [5, 5.41) is 12.4. The Morgan fingerprint density at radius 3 is 2.30 bits per heavy atom. The molecule has 6 nitrogen and oxygen atoms in total. The van der Waals surface area contributed by atoms with Gasteiger partial charge in [-0.3, -0.25) is 9.59 Å². The fraction of sp³-hybridized carbons (Fsp3) is 0.192. The molecule has 1 fully saturated rings. The minimum atomic E-state index is -0.888. The quantitative estimate of drug-likeness (QED) is 0.351. The summed E-state index contributed by atoms with van der Waals surface area (Å²) in [6, 6.07) is 19.3. The Morgan fingerprint density at radius 2 is 1.61 bits per heavy atom. The van der Waals surface area contributed by atoms with Crippen LogP contribution in [0.25, 0.3) is 22.2 Å². The van der Waals surface area contributed by atoms with Crippen molar-refractivity contribution in [2.45, 2.75) is 19.3 Å². The number of halogens is 1. The summed E-state index contributed by atoms with van der Waals surface area (Å²) in [5.74, 6) is -2.38. The molecule has 0 unspecified atom stereocenters. The van der Waals surface area contributed by atoms with Crippen molar-refractivity contribution in [3.8, 4) is 11.1 Å². The van der Waals surface area contributed by atoms with Crippen LogP contribution in [-0.2, 0) is 4.79 Å². The largest absolute Gasteiger partial charge is 0.481 e. The molecule has 166 valence electrons. The van der Waals surface area contributed by atoms with E-state index in [0.29, 0.717) is 29.5 Å². The van der Waals surface area contributed by atoms with E-state index in [9.17, 15) is 19.1 Å². The Kier molecular flexibility index (Phi) is 5.38. The van der Waals surface area contributed by atoms with Crippen LogP contribution in [0.5, 0.6) is 0 Å². The highest BCUT2D eigenvalue weighted by Crippen LogP contribution is 2.35. The number of ketones is 1. The molecule has 0 aliphatic heterocycles. The van der Waals surface area contributed by atoms with Crippen LogP contribution >= 0.6 is 0 Å². The highest BCUT2D eigenvalue weighted by atomic mass is 19.1. The number of carbonyl (C=O) groups excluding carboxylic acids is 1. The van der Waals surface area contributed by atoms with Gasteiger partial charge in [-0.15, -0.1) is 0 Å². The molecule has 5 rings (SSSR count). The van der Waals surface area contributed by atoms with Gasteiger partial charge in [-0.05, 0) is 48.2 Å². The third-order valence-corrected chi connectivity index (χ3v) is 6.16. The SMILES string of the molecule is O=C(O)[C@H]1CCC[C@@H]1C(=O)c1ccc(-c2ccc(Nc3nc4cc(F)ccc4o3)cc2)cc1. The van der Waals surface area contributed by atoms with E-state index < -0.39 is 17.8 Å². The van der Waals surface area contributed by atoms with Gasteiger partial charge in [-0.25, -0.2) is 4.39 Å². The van der Waals surface area contributed by atoms with E-state index in [0.717, 1.165) is 23.2 Å². The van der Waals surface area contributed by atoms with Crippen LogP contribution in [0.15, 0.2) is 71.1 Å². The molecular formula is C26H21FN2O4. The van der Waals surface area contributed by atoms with Gasteiger partial charge in [-0.2, -0.15) is 4.98 Å². The first-order valence-electron chi connectivity index (χ1n) is 10.8. The summed E-state index contributed by atoms with van der Waals surface area (Å²) in [5.41, 5.74) is 4.15. The van der Waals surface area contributed by atoms with Gasteiger partial charge in [-0.1, -0.05) is 42.8 Å². The number of carboxylic acids is 1. The lowest BCUT2D eigenvalue weighted by Crippen LogP contribution is -2.25. The number of carbonyl (C=O) groups is 2. The number of oxazole rings is 1. The Hall–Kier alpha value is -4.00. The van der Waals surface area contributed by atoms with E-state index in [2.05, 4.69) is 10.3 Å². The fourth-order valence-electron chi connectivity index (χ4n) is 4.43. The molecule has 33 heavy (non-hydrogen) atoms. The number of hydrogen-bond donors (Lipinski definition) is 2. The third kappa shape index (κ3) is 4.22. The number of aliphatic carboxylic acids is 1. The number of hydrogen-bond acceptors (Lipinski definition) is 5. The maximum atomic E-state index is 13.3. The maximum absolute atomic E-state index is 13.3. The molecule has 0 spiro atoms. The number of fused-ring (bicyclic) bond motifs is 1. The molecule has 2 atom stereocenters. The van der Waals surface area contributed by atoms with Crippen molar-refractivity contribution in [3.63, 3.8) is 0 Å². The van der Waals surface area contributed by atoms with Gasteiger partial charge in [0.1, 0.15) is 11.3 Å². The van der Waals surface area contributed by atoms with Gasteiger partial charge in [0.25, 0.3) is 6.01 Å². The number of anilines is 2. The van der Waals surface area contributed by atoms with Crippen molar-refractivity contribution in [3.05, 3.63) is 78.1 Å². The average Bonchev–Trinajstić information content (AvgIpc) is 3.46. The van der Waals surface area contributed by atoms with Gasteiger partial charge in [0.15, 0.2) is 11.4 Å². The molecule has 7 heteroatoms. The molecule has 1 aromatic heterocycles. The van der Waals surface area contributed by atoms with E-state index >= 15 is 0 Å². The van der Waals surface area contributed by atoms with Crippen molar-refractivity contribution in [2.75, 3.05) is 5.32 Å². The summed E-state index contributed by atoms with van der Waals surface area (Å²) in [6.07, 6.45) is 1.96. The van der Waals surface area contributed by atoms with Crippen molar-refractivity contribution in [2.24, 2.45) is 11.8 Å². The van der Waals surface area contributed by atoms with Crippen molar-refractivity contribution in [1.82, 2.24) is 4.98 Å². The van der Waals surface area contributed by atoms with E-state index in [1.165, 1.54) is 18.2 Å². The third-order valence-electron chi connectivity index (χ3n) is 6.16. The van der Waals surface area contributed by atoms with E-state index in [1.807, 2.05) is 36.4 Å². The molecule has 1 heterocycles. The molecule has 4 aromatic rings. The number of rotatable bonds is 6. The summed E-state index contributed by atoms with van der Waals surface area (Å²) >= 11 is 0. The molecule has 1 saturated carbocycles. The predicted octanol–water partition coefficient (Wildman–Crippen LogP) is 6.06. The highest BCUT2D eigenvalue weighted by Gasteiger charge is 2.37. The predicted molar refractivity (Wildman–Crippen MR) is 122 cm³/mol. The van der Waals surface area contributed by atoms with Gasteiger partial charge >= 0.3 is 5.97 Å². The average molecular weight is 444 g/mol. The molecule has 1 aliphatic carbocycles. The molecule has 2 N–H and O–H groups in total. The van der Waals surface area contributed by atoms with Crippen LogP contribution in [-0.4, -0.2) is 21.8 Å². The minimum absolute atomic E-state index is 0.0933. The Balaban J connectivity index is 1.29. The lowest BCUT2D eigenvalue weighted by atomic mass is 9.88. The Bertz CT molecular complexity index is 1330. The summed E-state index contributed by atoms with van der Waals surface area (Å²) in [4.78, 5) is 28.4. The lowest BCUT2D eigenvalue weighted by Gasteiger charge is -2.14. The summed E-state index contributed by atoms with van der Waals surface area (Å²) < 4.78 is 18.9. The number of nitrogens with zero attached hydrogens (tertiary/aromatic N) is 1. The second kappa shape index (κ2) is 8.50. The molecule has 3 aromatic carbocycles. The molecule has 0 saturated heterocycles. The van der Waals surface area contributed by atoms with E-state index in [-0.39, 0.29) is 17.6 Å². The maximum Gasteiger partial charge on any atom is 0.307 e. The lowest BCUT2D eigenvalue weighted by molar-refractivity contribution is -0.142. The first-order valence-corrected chi connectivity index (χ1v) is 10.8. The van der Waals surface area contributed by atoms with E-state index in [4.69, 9.17) is 4.42 Å². The minimum Gasteiger partial charge on any atom is -0.481 e. The second-order valence-electron chi connectivity index (χ2n) is 8.26. The summed E-state index contributed by atoms with van der Waals surface area (Å²) in [6.45, 7) is 0. The van der Waals surface area contributed by atoms with Gasteiger partial charge in [0, 0.05) is 23.2 Å². The molecular weight excluding hydrogens is 423 g/mol. The van der Waals surface area contributed by atoms with Crippen LogP contribution in [0.4, 0.5) is 16.1 Å². The van der Waals surface area contributed by atoms with Crippen LogP contribution in [0.1, 0.15) is 29.6 Å². The number of carboxylic acid groups (broad SMARTS) is 1. The number of benzene rings is 3. The Labute approximate surface area is 189 Å². The topological polar surface area (TPSA) is 92.4 Å². The summed E-state index contributed by atoms with van der Waals surface area (Å²) in [7, 11) is 0. The standard InChI is InChI=1S/C26H21FN2O4/c27-18-10-13-23-22(14-18)29-26(33-23)28-19-11-8-16(9-12-19)15-4-6-17(7-5-15)24(30)20-2-1-3-21(20)25(31)32/h4-14,20-21H,1-3H2,(H,28,29)(H,31,32)/t20-,21-/m0/s1. The van der Waals surface area contributed by atoms with Crippen molar-refractivity contribution in [1.29, 1.82) is 0 Å². The zero-order chi connectivity index (χ0) is 22.9. The van der Waals surface area contributed by atoms with Crippen molar-refractivity contribution >= 4 is 34.6 Å². The Morgan fingerprint density at radius 1 is 0.939 bits per heavy atom. The monoisotopic (exact) mass is 444 g/mol. The molecule has 0 bridgehead atoms. The number of nitrogens with one attached hydrogen (secondary N) is 1. The van der Waals surface area contributed by atoms with Crippen LogP contribution in [0.3, 0.4) is 0 Å². The van der Waals surface area contributed by atoms with Crippen LogP contribution in [0.2, 0.25) is 0 Å². The highest BCUT2D eigenvalue weighted by molar-refractivity contribution is 6.00. The van der Waals surface area contributed by atoms with Gasteiger partial charge < -0.3 is 14.8 Å². The van der Waals surface area contributed by atoms with Crippen LogP contribution in [0, 0.1) is 17.7 Å². The van der Waals surface area contributed by atoms with E-state index in [1.54, 1.807) is 12.1 Å². The number of Topliss-reactive ketones (excluding diaryl/α,β-unsaturated/α-hetero) is 1. The smallest absolute Gasteiger partial charge is 0.307 e. The zero-order valence-corrected chi connectivity index (χ0v) is 17.6. The first kappa shape index (κ1) is 20.9. The van der Waals surface area contributed by atoms with Crippen molar-refractivity contribution < 1.29 is 23.5 Å². The van der Waals surface area contributed by atoms with Gasteiger partial charge in [0.2, 0.25) is 0 Å². The number of aromatic nitrogens is 1. The molecule has 1 aliphatic rings. The second-order valence-corrected chi connectivity index (χ2v) is 8.26. The normalized spacial score (nSPS) is 17.8. The van der Waals surface area contributed by atoms with Crippen LogP contribution < -0.4 is 5.32 Å². The zero-order valence-electron chi connectivity index (χ0n) is 17.6. The first-order chi connectivity index (χ1) is 16.0. The fourth-order valence-corrected chi connectivity index (χ4v) is 4.43.